The lowest BCUT2D eigenvalue weighted by Gasteiger charge is -2.12. The predicted molar refractivity (Wildman–Crippen MR) is 63.8 cm³/mol. The van der Waals surface area contributed by atoms with E-state index >= 15 is 0 Å². The van der Waals surface area contributed by atoms with Crippen LogP contribution in [0.2, 0.25) is 0 Å². The molecule has 0 unspecified atom stereocenters. The Hall–Kier alpha value is -1.05. The smallest absolute Gasteiger partial charge is 0.303 e. The Morgan fingerprint density at radius 3 is 2.47 bits per heavy atom. The third-order valence-electron chi connectivity index (χ3n) is 2.51. The summed E-state index contributed by atoms with van der Waals surface area (Å²) in [4.78, 5) is 10.4. The summed E-state index contributed by atoms with van der Waals surface area (Å²) in [5, 5.41) is 8.54. The zero-order valence-corrected chi connectivity index (χ0v) is 10.0. The molecular weight excluding hydrogens is 188 g/mol. The van der Waals surface area contributed by atoms with Crippen molar-refractivity contribution in [3.05, 3.63) is 23.8 Å². The minimum absolute atomic E-state index is 0.200. The second-order valence-corrected chi connectivity index (χ2v) is 4.31. The maximum atomic E-state index is 10.4. The fourth-order valence-electron chi connectivity index (χ4n) is 1.34. The van der Waals surface area contributed by atoms with E-state index in [2.05, 4.69) is 33.4 Å². The minimum Gasteiger partial charge on any atom is -0.481 e. The number of hydrogen-bond donors (Lipinski definition) is 1. The molecule has 0 radical (unpaired) electrons. The van der Waals surface area contributed by atoms with Crippen LogP contribution in [0.3, 0.4) is 0 Å². The zero-order chi connectivity index (χ0) is 11.8. The molecule has 2 heteroatoms. The van der Waals surface area contributed by atoms with Gasteiger partial charge in [0.25, 0.3) is 0 Å². The van der Waals surface area contributed by atoms with Crippen LogP contribution >= 0.6 is 0 Å². The van der Waals surface area contributed by atoms with Crippen LogP contribution in [-0.4, -0.2) is 11.1 Å². The molecule has 0 bridgehead atoms. The average Bonchev–Trinajstić information content (AvgIpc) is 2.13. The lowest BCUT2D eigenvalue weighted by atomic mass is 9.93. The molecule has 86 valence electrons. The van der Waals surface area contributed by atoms with Crippen molar-refractivity contribution in [2.75, 3.05) is 0 Å². The van der Waals surface area contributed by atoms with Gasteiger partial charge in [0.05, 0.1) is 0 Å². The minimum atomic E-state index is -0.743. The third-order valence-corrected chi connectivity index (χ3v) is 2.51. The van der Waals surface area contributed by atoms with Crippen LogP contribution in [0.1, 0.15) is 46.5 Å². The molecule has 15 heavy (non-hydrogen) atoms. The summed E-state index contributed by atoms with van der Waals surface area (Å²) in [7, 11) is 0. The largest absolute Gasteiger partial charge is 0.481 e. The number of aliphatic carboxylic acids is 1. The van der Waals surface area contributed by atoms with E-state index in [1.807, 2.05) is 0 Å². The molecule has 0 aliphatic rings. The Balaban J connectivity index is 3.79. The van der Waals surface area contributed by atoms with Crippen molar-refractivity contribution < 1.29 is 9.90 Å². The van der Waals surface area contributed by atoms with Crippen LogP contribution in [0.5, 0.6) is 0 Å². The molecule has 0 saturated heterocycles. The zero-order valence-electron chi connectivity index (χ0n) is 10.0. The number of carbonyl (C=O) groups is 1. The van der Waals surface area contributed by atoms with E-state index in [-0.39, 0.29) is 6.42 Å². The van der Waals surface area contributed by atoms with Gasteiger partial charge in [-0.15, -0.1) is 0 Å². The molecule has 0 aliphatic carbocycles. The van der Waals surface area contributed by atoms with E-state index in [4.69, 9.17) is 5.11 Å². The molecule has 0 aliphatic heterocycles. The average molecular weight is 210 g/mol. The van der Waals surface area contributed by atoms with Crippen molar-refractivity contribution in [2.45, 2.75) is 46.5 Å². The van der Waals surface area contributed by atoms with E-state index in [1.165, 1.54) is 5.57 Å². The fourth-order valence-corrected chi connectivity index (χ4v) is 1.34. The van der Waals surface area contributed by atoms with Crippen LogP contribution in [0.25, 0.3) is 0 Å². The standard InChI is InChI=1S/C13H22O2/c1-10(2)6-5-7-11(3)12(4)8-9-13(14)15/h6,11H,4-5,7-9H2,1-3H3,(H,14,15)/t11-/m1/s1. The topological polar surface area (TPSA) is 37.3 Å². The van der Waals surface area contributed by atoms with Gasteiger partial charge in [0.1, 0.15) is 0 Å². The van der Waals surface area contributed by atoms with Gasteiger partial charge in [-0.3, -0.25) is 4.79 Å². The molecule has 0 aromatic rings. The van der Waals surface area contributed by atoms with E-state index < -0.39 is 5.97 Å². The highest BCUT2D eigenvalue weighted by Gasteiger charge is 2.07. The highest BCUT2D eigenvalue weighted by Crippen LogP contribution is 2.19. The lowest BCUT2D eigenvalue weighted by Crippen LogP contribution is -2.02. The molecule has 0 amide bonds. The maximum absolute atomic E-state index is 10.4. The summed E-state index contributed by atoms with van der Waals surface area (Å²) < 4.78 is 0. The van der Waals surface area contributed by atoms with Crippen LogP contribution in [-0.2, 0) is 4.79 Å². The third kappa shape index (κ3) is 7.98. The molecule has 0 rings (SSSR count). The summed E-state index contributed by atoms with van der Waals surface area (Å²) in [5.41, 5.74) is 2.39. The molecular formula is C13H22O2. The van der Waals surface area contributed by atoms with Crippen LogP contribution in [0.15, 0.2) is 23.8 Å². The number of carboxylic acids is 1. The van der Waals surface area contributed by atoms with Crippen LogP contribution in [0.4, 0.5) is 0 Å². The van der Waals surface area contributed by atoms with E-state index in [0.717, 1.165) is 18.4 Å². The van der Waals surface area contributed by atoms with Gasteiger partial charge >= 0.3 is 5.97 Å². The van der Waals surface area contributed by atoms with Gasteiger partial charge in [0, 0.05) is 6.42 Å². The summed E-state index contributed by atoms with van der Waals surface area (Å²) in [6.45, 7) is 10.2. The second kappa shape index (κ2) is 7.27. The van der Waals surface area contributed by atoms with E-state index in [1.54, 1.807) is 0 Å². The van der Waals surface area contributed by atoms with Gasteiger partial charge in [-0.25, -0.2) is 0 Å². The lowest BCUT2D eigenvalue weighted by molar-refractivity contribution is -0.136. The van der Waals surface area contributed by atoms with Gasteiger partial charge in [-0.05, 0) is 39.0 Å². The van der Waals surface area contributed by atoms with Gasteiger partial charge in [0.15, 0.2) is 0 Å². The second-order valence-electron chi connectivity index (χ2n) is 4.31. The first-order valence-electron chi connectivity index (χ1n) is 5.46. The summed E-state index contributed by atoms with van der Waals surface area (Å²) in [6.07, 6.45) is 5.12. The Morgan fingerprint density at radius 2 is 2.00 bits per heavy atom. The van der Waals surface area contributed by atoms with Gasteiger partial charge in [-0.2, -0.15) is 0 Å². The maximum Gasteiger partial charge on any atom is 0.303 e. The summed E-state index contributed by atoms with van der Waals surface area (Å²) in [6, 6.07) is 0. The monoisotopic (exact) mass is 210 g/mol. The first-order chi connectivity index (χ1) is 6.93. The normalized spacial score (nSPS) is 11.9. The molecule has 0 fully saturated rings. The highest BCUT2D eigenvalue weighted by atomic mass is 16.4. The van der Waals surface area contributed by atoms with Crippen molar-refractivity contribution in [3.8, 4) is 0 Å². The van der Waals surface area contributed by atoms with Crippen molar-refractivity contribution in [1.82, 2.24) is 0 Å². The van der Waals surface area contributed by atoms with Crippen molar-refractivity contribution >= 4 is 5.97 Å². The molecule has 1 N–H and O–H groups in total. The summed E-state index contributed by atoms with van der Waals surface area (Å²) >= 11 is 0. The van der Waals surface area contributed by atoms with Crippen molar-refractivity contribution in [1.29, 1.82) is 0 Å². The Labute approximate surface area is 92.7 Å². The number of carboxylic acid groups (broad SMARTS) is 1. The Kier molecular flexibility index (Phi) is 6.76. The fraction of sp³-hybridized carbons (Fsp3) is 0.615. The van der Waals surface area contributed by atoms with Gasteiger partial charge in [-0.1, -0.05) is 30.7 Å². The quantitative estimate of drug-likeness (QED) is 0.649. The highest BCUT2D eigenvalue weighted by molar-refractivity contribution is 5.67. The van der Waals surface area contributed by atoms with Crippen molar-refractivity contribution in [2.24, 2.45) is 5.92 Å². The molecule has 0 heterocycles. The number of rotatable bonds is 7. The SMILES string of the molecule is C=C(CCC(=O)O)[C@H](C)CCC=C(C)C. The van der Waals surface area contributed by atoms with Crippen molar-refractivity contribution in [3.63, 3.8) is 0 Å². The molecule has 0 aromatic heterocycles. The number of allylic oxidation sites excluding steroid dienone is 3. The molecule has 0 spiro atoms. The molecule has 0 saturated carbocycles. The van der Waals surface area contributed by atoms with E-state index in [0.29, 0.717) is 12.3 Å². The Morgan fingerprint density at radius 1 is 1.40 bits per heavy atom. The molecule has 0 aromatic carbocycles. The molecule has 1 atom stereocenters. The number of hydrogen-bond acceptors (Lipinski definition) is 1. The Bertz CT molecular complexity index is 247. The van der Waals surface area contributed by atoms with E-state index in [9.17, 15) is 4.79 Å². The first kappa shape index (κ1) is 13.9. The van der Waals surface area contributed by atoms with Gasteiger partial charge < -0.3 is 5.11 Å². The molecule has 2 nitrogen and oxygen atoms in total. The van der Waals surface area contributed by atoms with Crippen LogP contribution in [0, 0.1) is 5.92 Å². The van der Waals surface area contributed by atoms with Crippen LogP contribution < -0.4 is 0 Å². The first-order valence-corrected chi connectivity index (χ1v) is 5.46. The van der Waals surface area contributed by atoms with Gasteiger partial charge in [0.2, 0.25) is 0 Å². The predicted octanol–water partition coefficient (Wildman–Crippen LogP) is 3.79. The summed E-state index contributed by atoms with van der Waals surface area (Å²) in [5.74, 6) is -0.326.